The van der Waals surface area contributed by atoms with Gasteiger partial charge in [-0.05, 0) is 51.1 Å². The first-order chi connectivity index (χ1) is 9.19. The summed E-state index contributed by atoms with van der Waals surface area (Å²) >= 11 is 6.17. The first-order valence-corrected chi connectivity index (χ1v) is 7.25. The Labute approximate surface area is 120 Å². The molecule has 1 N–H and O–H groups in total. The van der Waals surface area contributed by atoms with Crippen molar-refractivity contribution >= 4 is 17.3 Å². The van der Waals surface area contributed by atoms with Crippen LogP contribution < -0.4 is 5.32 Å². The second-order valence-corrected chi connectivity index (χ2v) is 5.62. The number of rotatable bonds is 4. The molecule has 0 bridgehead atoms. The Morgan fingerprint density at radius 1 is 1.37 bits per heavy atom. The third-order valence-electron chi connectivity index (χ3n) is 3.48. The molecule has 1 aliphatic heterocycles. The Balaban J connectivity index is 1.91. The van der Waals surface area contributed by atoms with Gasteiger partial charge < -0.3 is 10.2 Å². The van der Waals surface area contributed by atoms with Crippen molar-refractivity contribution in [2.75, 3.05) is 25.0 Å². The van der Waals surface area contributed by atoms with Crippen molar-refractivity contribution in [3.8, 4) is 6.07 Å². The highest BCUT2D eigenvalue weighted by Gasteiger charge is 2.14. The number of nitrogens with one attached hydrogen (secondary N) is 1. The molecule has 4 heteroatoms. The molecule has 1 aromatic rings. The SMILES string of the molecule is CC(CN1CCCCC1)Nc1ccc(C#N)cc1Cl. The highest BCUT2D eigenvalue weighted by Crippen LogP contribution is 2.23. The van der Waals surface area contributed by atoms with Crippen molar-refractivity contribution in [1.82, 2.24) is 4.90 Å². The lowest BCUT2D eigenvalue weighted by atomic mass is 10.1. The number of likely N-dealkylation sites (tertiary alicyclic amines) is 1. The van der Waals surface area contributed by atoms with Crippen LogP contribution in [0.3, 0.4) is 0 Å². The number of halogens is 1. The summed E-state index contributed by atoms with van der Waals surface area (Å²) in [5.74, 6) is 0. The van der Waals surface area contributed by atoms with Crippen LogP contribution in [0.15, 0.2) is 18.2 Å². The Morgan fingerprint density at radius 3 is 2.74 bits per heavy atom. The summed E-state index contributed by atoms with van der Waals surface area (Å²) in [7, 11) is 0. The smallest absolute Gasteiger partial charge is 0.0992 e. The summed E-state index contributed by atoms with van der Waals surface area (Å²) < 4.78 is 0. The van der Waals surface area contributed by atoms with Crippen molar-refractivity contribution in [1.29, 1.82) is 5.26 Å². The maximum atomic E-state index is 8.82. The average Bonchev–Trinajstić information content (AvgIpc) is 2.42. The van der Waals surface area contributed by atoms with Crippen LogP contribution in [0, 0.1) is 11.3 Å². The topological polar surface area (TPSA) is 39.1 Å². The second kappa shape index (κ2) is 6.79. The molecule has 3 nitrogen and oxygen atoms in total. The maximum absolute atomic E-state index is 8.82. The zero-order valence-corrected chi connectivity index (χ0v) is 12.1. The summed E-state index contributed by atoms with van der Waals surface area (Å²) in [6, 6.07) is 7.83. The van der Waals surface area contributed by atoms with Gasteiger partial charge in [-0.2, -0.15) is 5.26 Å². The van der Waals surface area contributed by atoms with Crippen molar-refractivity contribution in [3.05, 3.63) is 28.8 Å². The fourth-order valence-corrected chi connectivity index (χ4v) is 2.78. The van der Waals surface area contributed by atoms with E-state index >= 15 is 0 Å². The van der Waals surface area contributed by atoms with Gasteiger partial charge in [-0.3, -0.25) is 0 Å². The van der Waals surface area contributed by atoms with E-state index in [1.54, 1.807) is 12.1 Å². The molecule has 1 atom stereocenters. The Kier molecular flexibility index (Phi) is 5.07. The van der Waals surface area contributed by atoms with Gasteiger partial charge in [0.15, 0.2) is 0 Å². The van der Waals surface area contributed by atoms with E-state index in [-0.39, 0.29) is 0 Å². The molecule has 0 aromatic heterocycles. The summed E-state index contributed by atoms with van der Waals surface area (Å²) in [6.07, 6.45) is 3.98. The molecule has 0 aliphatic carbocycles. The van der Waals surface area contributed by atoms with E-state index in [1.165, 1.54) is 32.4 Å². The quantitative estimate of drug-likeness (QED) is 0.916. The molecule has 1 unspecified atom stereocenters. The summed E-state index contributed by atoms with van der Waals surface area (Å²) in [6.45, 7) is 5.61. The molecule has 1 aromatic carbocycles. The molecule has 0 saturated carbocycles. The zero-order valence-electron chi connectivity index (χ0n) is 11.3. The number of nitriles is 1. The largest absolute Gasteiger partial charge is 0.380 e. The van der Waals surface area contributed by atoms with Crippen LogP contribution in [0.5, 0.6) is 0 Å². The lowest BCUT2D eigenvalue weighted by Gasteiger charge is -2.29. The van der Waals surface area contributed by atoms with Crippen LogP contribution in [0.25, 0.3) is 0 Å². The van der Waals surface area contributed by atoms with E-state index in [2.05, 4.69) is 23.2 Å². The molecule has 0 spiro atoms. The normalized spacial score (nSPS) is 17.7. The lowest BCUT2D eigenvalue weighted by Crippen LogP contribution is -2.38. The number of hydrogen-bond acceptors (Lipinski definition) is 3. The van der Waals surface area contributed by atoms with Gasteiger partial charge in [-0.25, -0.2) is 0 Å². The Bertz CT molecular complexity index is 461. The van der Waals surface area contributed by atoms with Crippen molar-refractivity contribution < 1.29 is 0 Å². The standard InChI is InChI=1S/C15H20ClN3/c1-12(11-19-7-3-2-4-8-19)18-15-6-5-13(10-17)9-14(15)16/h5-6,9,12,18H,2-4,7-8,11H2,1H3. The molecular formula is C15H20ClN3. The van der Waals surface area contributed by atoms with Crippen LogP contribution in [-0.4, -0.2) is 30.6 Å². The van der Waals surface area contributed by atoms with Crippen LogP contribution in [0.4, 0.5) is 5.69 Å². The Hall–Kier alpha value is -1.24. The highest BCUT2D eigenvalue weighted by atomic mass is 35.5. The molecular weight excluding hydrogens is 258 g/mol. The molecule has 2 rings (SSSR count). The molecule has 1 saturated heterocycles. The summed E-state index contributed by atoms with van der Waals surface area (Å²) in [5, 5.41) is 12.9. The first kappa shape index (κ1) is 14.2. The highest BCUT2D eigenvalue weighted by molar-refractivity contribution is 6.33. The molecule has 0 radical (unpaired) electrons. The molecule has 1 fully saturated rings. The number of hydrogen-bond donors (Lipinski definition) is 1. The van der Waals surface area contributed by atoms with Gasteiger partial charge in [0, 0.05) is 12.6 Å². The number of anilines is 1. The van der Waals surface area contributed by atoms with Gasteiger partial charge in [0.25, 0.3) is 0 Å². The van der Waals surface area contributed by atoms with Gasteiger partial charge in [0.05, 0.1) is 22.3 Å². The molecule has 102 valence electrons. The lowest BCUT2D eigenvalue weighted by molar-refractivity contribution is 0.223. The van der Waals surface area contributed by atoms with Crippen LogP contribution in [0.1, 0.15) is 31.7 Å². The molecule has 1 aliphatic rings. The molecule has 1 heterocycles. The van der Waals surface area contributed by atoms with Crippen LogP contribution in [-0.2, 0) is 0 Å². The minimum absolute atomic E-state index is 0.350. The van der Waals surface area contributed by atoms with E-state index in [4.69, 9.17) is 16.9 Å². The minimum Gasteiger partial charge on any atom is -0.380 e. The van der Waals surface area contributed by atoms with Crippen molar-refractivity contribution in [3.63, 3.8) is 0 Å². The molecule has 0 amide bonds. The van der Waals surface area contributed by atoms with Gasteiger partial charge in [0.1, 0.15) is 0 Å². The fraction of sp³-hybridized carbons (Fsp3) is 0.533. The third kappa shape index (κ3) is 4.12. The number of piperidine rings is 1. The maximum Gasteiger partial charge on any atom is 0.0992 e. The van der Waals surface area contributed by atoms with Gasteiger partial charge in [-0.15, -0.1) is 0 Å². The predicted octanol–water partition coefficient (Wildman–Crippen LogP) is 3.50. The fourth-order valence-electron chi connectivity index (χ4n) is 2.54. The van der Waals surface area contributed by atoms with E-state index in [0.29, 0.717) is 16.6 Å². The zero-order chi connectivity index (χ0) is 13.7. The van der Waals surface area contributed by atoms with E-state index in [9.17, 15) is 0 Å². The first-order valence-electron chi connectivity index (χ1n) is 6.87. The van der Waals surface area contributed by atoms with Gasteiger partial charge >= 0.3 is 0 Å². The third-order valence-corrected chi connectivity index (χ3v) is 3.79. The predicted molar refractivity (Wildman–Crippen MR) is 79.5 cm³/mol. The van der Waals surface area contributed by atoms with Crippen LogP contribution in [0.2, 0.25) is 5.02 Å². The van der Waals surface area contributed by atoms with Crippen molar-refractivity contribution in [2.45, 2.75) is 32.2 Å². The minimum atomic E-state index is 0.350. The van der Waals surface area contributed by atoms with E-state index in [0.717, 1.165) is 12.2 Å². The van der Waals surface area contributed by atoms with E-state index < -0.39 is 0 Å². The average molecular weight is 278 g/mol. The van der Waals surface area contributed by atoms with Crippen molar-refractivity contribution in [2.24, 2.45) is 0 Å². The van der Waals surface area contributed by atoms with Gasteiger partial charge in [-0.1, -0.05) is 18.0 Å². The Morgan fingerprint density at radius 2 is 2.11 bits per heavy atom. The van der Waals surface area contributed by atoms with Crippen LogP contribution >= 0.6 is 11.6 Å². The van der Waals surface area contributed by atoms with Gasteiger partial charge in [0.2, 0.25) is 0 Å². The van der Waals surface area contributed by atoms with E-state index in [1.807, 2.05) is 6.07 Å². The number of benzene rings is 1. The summed E-state index contributed by atoms with van der Waals surface area (Å²) in [4.78, 5) is 2.50. The summed E-state index contributed by atoms with van der Waals surface area (Å²) in [5.41, 5.74) is 1.50. The number of nitrogens with zero attached hydrogens (tertiary/aromatic N) is 2. The monoisotopic (exact) mass is 277 g/mol. The molecule has 19 heavy (non-hydrogen) atoms. The second-order valence-electron chi connectivity index (χ2n) is 5.21.